The van der Waals surface area contributed by atoms with E-state index in [1.54, 1.807) is 23.0 Å². The van der Waals surface area contributed by atoms with Gasteiger partial charge in [-0.15, -0.1) is 11.3 Å². The molecule has 0 unspecified atom stereocenters. The van der Waals surface area contributed by atoms with Gasteiger partial charge >= 0.3 is 0 Å². The largest absolute Gasteiger partial charge is 0.378 e. The maximum absolute atomic E-state index is 13.4. The van der Waals surface area contributed by atoms with Gasteiger partial charge in [0.1, 0.15) is 10.6 Å². The summed E-state index contributed by atoms with van der Waals surface area (Å²) < 4.78 is 7.20. The van der Waals surface area contributed by atoms with Crippen LogP contribution in [0.2, 0.25) is 0 Å². The molecule has 41 heavy (non-hydrogen) atoms. The molecule has 1 spiro atoms. The Labute approximate surface area is 241 Å². The monoisotopic (exact) mass is 572 g/mol. The molecule has 0 bridgehead atoms. The Morgan fingerprint density at radius 2 is 1.93 bits per heavy atom. The van der Waals surface area contributed by atoms with Crippen molar-refractivity contribution in [3.05, 3.63) is 54.2 Å². The van der Waals surface area contributed by atoms with E-state index < -0.39 is 0 Å². The van der Waals surface area contributed by atoms with Gasteiger partial charge in [0.05, 0.1) is 59.7 Å². The van der Waals surface area contributed by atoms with E-state index >= 15 is 0 Å². The lowest BCUT2D eigenvalue weighted by atomic mass is 9.68. The normalized spacial score (nSPS) is 18.2. The number of thiazole rings is 1. The number of nitrogens with zero attached hydrogens (tertiary/aromatic N) is 6. The summed E-state index contributed by atoms with van der Waals surface area (Å²) in [5, 5.41) is 10.4. The second kappa shape index (κ2) is 10.5. The van der Waals surface area contributed by atoms with E-state index in [4.69, 9.17) is 4.74 Å². The third-order valence-electron chi connectivity index (χ3n) is 8.56. The lowest BCUT2D eigenvalue weighted by Gasteiger charge is -2.58. The first-order chi connectivity index (χ1) is 20.0. The summed E-state index contributed by atoms with van der Waals surface area (Å²) in [5.41, 5.74) is 3.53. The van der Waals surface area contributed by atoms with Gasteiger partial charge in [-0.2, -0.15) is 5.10 Å². The molecule has 6 heterocycles. The standard InChI is InChI=1S/C29H32N8O3S/c1-19-23(14-21(15-31-19)33-26(38)18-36-8-6-29(36)4-2-5-29)34-27(39)22-16-32-37-17-24(41-28(22)37)20-3-7-30-25(13-20)35-9-11-40-12-10-35/h3,7,13-17H,2,4-6,8-12,18H2,1H3,(H,33,38)(H,34,39). The fraction of sp³-hybridized carbons (Fsp3) is 0.414. The fourth-order valence-electron chi connectivity index (χ4n) is 5.89. The summed E-state index contributed by atoms with van der Waals surface area (Å²) in [6.07, 6.45) is 11.8. The predicted octanol–water partition coefficient (Wildman–Crippen LogP) is 3.82. The molecular formula is C29H32N8O3S. The number of hydrogen-bond acceptors (Lipinski definition) is 9. The number of fused-ring (bicyclic) bond motifs is 1. The molecule has 11 nitrogen and oxygen atoms in total. The molecule has 4 aromatic rings. The highest BCUT2D eigenvalue weighted by atomic mass is 32.1. The first-order valence-electron chi connectivity index (χ1n) is 14.1. The Hall–Kier alpha value is -3.87. The van der Waals surface area contributed by atoms with Crippen molar-refractivity contribution in [2.45, 2.75) is 38.1 Å². The van der Waals surface area contributed by atoms with Crippen LogP contribution in [0.5, 0.6) is 0 Å². The minimum Gasteiger partial charge on any atom is -0.378 e. The second-order valence-electron chi connectivity index (χ2n) is 11.0. The molecule has 2 aliphatic heterocycles. The van der Waals surface area contributed by atoms with Gasteiger partial charge in [0, 0.05) is 37.6 Å². The van der Waals surface area contributed by atoms with Crippen LogP contribution in [-0.4, -0.2) is 81.2 Å². The molecule has 1 aliphatic carbocycles. The molecule has 3 aliphatic rings. The Kier molecular flexibility index (Phi) is 6.68. The molecule has 0 radical (unpaired) electrons. The number of likely N-dealkylation sites (tertiary alicyclic amines) is 1. The zero-order valence-corrected chi connectivity index (χ0v) is 23.7. The van der Waals surface area contributed by atoms with E-state index in [0.717, 1.165) is 40.7 Å². The first-order valence-corrected chi connectivity index (χ1v) is 14.9. The van der Waals surface area contributed by atoms with Gasteiger partial charge in [0.25, 0.3) is 5.91 Å². The van der Waals surface area contributed by atoms with Gasteiger partial charge in [-0.25, -0.2) is 9.50 Å². The number of amides is 2. The highest BCUT2D eigenvalue weighted by molar-refractivity contribution is 7.21. The predicted molar refractivity (Wildman–Crippen MR) is 158 cm³/mol. The van der Waals surface area contributed by atoms with E-state index in [2.05, 4.69) is 41.6 Å². The van der Waals surface area contributed by atoms with E-state index in [1.165, 1.54) is 37.0 Å². The van der Waals surface area contributed by atoms with Crippen LogP contribution in [0.15, 0.2) is 43.0 Å². The third-order valence-corrected chi connectivity index (χ3v) is 9.72. The zero-order chi connectivity index (χ0) is 28.0. The molecule has 4 aromatic heterocycles. The van der Waals surface area contributed by atoms with Gasteiger partial charge in [-0.3, -0.25) is 19.5 Å². The molecule has 212 valence electrons. The second-order valence-corrected chi connectivity index (χ2v) is 12.0. The highest BCUT2D eigenvalue weighted by Crippen LogP contribution is 2.46. The van der Waals surface area contributed by atoms with Crippen molar-refractivity contribution in [3.63, 3.8) is 0 Å². The number of pyridine rings is 2. The van der Waals surface area contributed by atoms with Crippen LogP contribution >= 0.6 is 11.3 Å². The van der Waals surface area contributed by atoms with Crippen molar-refractivity contribution in [3.8, 4) is 10.4 Å². The van der Waals surface area contributed by atoms with Gasteiger partial charge < -0.3 is 20.3 Å². The summed E-state index contributed by atoms with van der Waals surface area (Å²) in [5.74, 6) is 0.575. The van der Waals surface area contributed by atoms with Crippen LogP contribution in [0.1, 0.15) is 41.7 Å². The minimum atomic E-state index is -0.280. The Morgan fingerprint density at radius 3 is 2.68 bits per heavy atom. The number of carbonyl (C=O) groups is 2. The van der Waals surface area contributed by atoms with Crippen LogP contribution in [0.25, 0.3) is 15.3 Å². The number of hydrogen-bond donors (Lipinski definition) is 2. The average Bonchev–Trinajstić information content (AvgIpc) is 3.54. The number of aromatic nitrogens is 4. The SMILES string of the molecule is Cc1ncc(NC(=O)CN2CCC23CCC3)cc1NC(=O)c1cnn2cc(-c3ccnc(N4CCOCC4)c3)sc12. The van der Waals surface area contributed by atoms with Crippen molar-refractivity contribution >= 4 is 45.2 Å². The number of carbonyl (C=O) groups excluding carboxylic acids is 2. The van der Waals surface area contributed by atoms with Crippen molar-refractivity contribution in [2.24, 2.45) is 0 Å². The molecule has 2 N–H and O–H groups in total. The van der Waals surface area contributed by atoms with Crippen LogP contribution in [0, 0.1) is 6.92 Å². The van der Waals surface area contributed by atoms with E-state index in [9.17, 15) is 9.59 Å². The molecule has 0 atom stereocenters. The van der Waals surface area contributed by atoms with Crippen LogP contribution in [0.4, 0.5) is 17.2 Å². The maximum Gasteiger partial charge on any atom is 0.260 e. The molecule has 1 saturated carbocycles. The smallest absolute Gasteiger partial charge is 0.260 e. The molecule has 2 amide bonds. The third kappa shape index (κ3) is 4.96. The molecule has 3 fully saturated rings. The Bertz CT molecular complexity index is 1620. The number of rotatable bonds is 7. The summed E-state index contributed by atoms with van der Waals surface area (Å²) in [6.45, 7) is 6.20. The molecule has 0 aromatic carbocycles. The number of ether oxygens (including phenoxy) is 1. The molecule has 12 heteroatoms. The van der Waals surface area contributed by atoms with Crippen molar-refractivity contribution in [1.82, 2.24) is 24.5 Å². The van der Waals surface area contributed by atoms with Crippen LogP contribution in [0.3, 0.4) is 0 Å². The topological polar surface area (TPSA) is 117 Å². The maximum atomic E-state index is 13.4. The van der Waals surface area contributed by atoms with Crippen LogP contribution in [-0.2, 0) is 9.53 Å². The summed E-state index contributed by atoms with van der Waals surface area (Å²) in [4.78, 5) is 41.3. The zero-order valence-electron chi connectivity index (χ0n) is 22.9. The van der Waals surface area contributed by atoms with E-state index in [0.29, 0.717) is 42.4 Å². The average molecular weight is 573 g/mol. The summed E-state index contributed by atoms with van der Waals surface area (Å²) in [6, 6.07) is 5.80. The lowest BCUT2D eigenvalue weighted by Crippen LogP contribution is -2.65. The molecule has 2 saturated heterocycles. The number of anilines is 3. The number of aryl methyl sites for hydroxylation is 1. The van der Waals surface area contributed by atoms with Gasteiger partial charge in [-0.1, -0.05) is 0 Å². The van der Waals surface area contributed by atoms with Crippen LogP contribution < -0.4 is 15.5 Å². The highest BCUT2D eigenvalue weighted by Gasteiger charge is 2.49. The van der Waals surface area contributed by atoms with Crippen molar-refractivity contribution in [2.75, 3.05) is 54.9 Å². The van der Waals surface area contributed by atoms with Gasteiger partial charge in [-0.05, 0) is 56.4 Å². The fourth-order valence-corrected chi connectivity index (χ4v) is 6.94. The number of nitrogens with one attached hydrogen (secondary N) is 2. The van der Waals surface area contributed by atoms with Gasteiger partial charge in [0.2, 0.25) is 5.91 Å². The number of morpholine rings is 1. The Balaban J connectivity index is 1.05. The van der Waals surface area contributed by atoms with Crippen molar-refractivity contribution in [1.29, 1.82) is 0 Å². The van der Waals surface area contributed by atoms with Gasteiger partial charge in [0.15, 0.2) is 0 Å². The molecular weight excluding hydrogens is 540 g/mol. The lowest BCUT2D eigenvalue weighted by molar-refractivity contribution is -0.127. The van der Waals surface area contributed by atoms with E-state index in [1.807, 2.05) is 25.4 Å². The van der Waals surface area contributed by atoms with E-state index in [-0.39, 0.29) is 17.4 Å². The quantitative estimate of drug-likeness (QED) is 0.343. The minimum absolute atomic E-state index is 0.0590. The first kappa shape index (κ1) is 26.1. The van der Waals surface area contributed by atoms with Crippen molar-refractivity contribution < 1.29 is 14.3 Å². The summed E-state index contributed by atoms with van der Waals surface area (Å²) >= 11 is 1.50. The Morgan fingerprint density at radius 1 is 1.07 bits per heavy atom. The summed E-state index contributed by atoms with van der Waals surface area (Å²) in [7, 11) is 0. The molecule has 7 rings (SSSR count).